The highest BCUT2D eigenvalue weighted by molar-refractivity contribution is 5.19. The van der Waals surface area contributed by atoms with Gasteiger partial charge in [-0.25, -0.2) is 0 Å². The van der Waals surface area contributed by atoms with E-state index in [2.05, 4.69) is 138 Å². The van der Waals surface area contributed by atoms with E-state index >= 15 is 0 Å². The zero-order chi connectivity index (χ0) is 35.6. The molecular formula is C48H68N2O. The molecule has 0 spiro atoms. The largest absolute Gasteiger partial charge is 0.391 e. The molecule has 0 aliphatic rings. The van der Waals surface area contributed by atoms with Crippen molar-refractivity contribution in [2.24, 2.45) is 0 Å². The fourth-order valence-corrected chi connectivity index (χ4v) is 7.53. The van der Waals surface area contributed by atoms with Gasteiger partial charge in [0.2, 0.25) is 0 Å². The number of aliphatic hydroxyl groups is 1. The summed E-state index contributed by atoms with van der Waals surface area (Å²) in [6, 6.07) is 43.5. The molecule has 4 aromatic rings. The van der Waals surface area contributed by atoms with Crippen LogP contribution in [0.1, 0.15) is 132 Å². The molecule has 0 amide bonds. The summed E-state index contributed by atoms with van der Waals surface area (Å²) >= 11 is 0. The van der Waals surface area contributed by atoms with E-state index in [1.807, 2.05) is 0 Å². The average molecular weight is 689 g/mol. The van der Waals surface area contributed by atoms with E-state index in [0.717, 1.165) is 58.4 Å². The van der Waals surface area contributed by atoms with Crippen molar-refractivity contribution in [3.63, 3.8) is 0 Å². The molecule has 3 nitrogen and oxygen atoms in total. The lowest BCUT2D eigenvalue weighted by molar-refractivity contribution is 0.0252. The quantitative estimate of drug-likeness (QED) is 0.0602. The van der Waals surface area contributed by atoms with Gasteiger partial charge in [0, 0.05) is 32.2 Å². The third-order valence-electron chi connectivity index (χ3n) is 10.4. The first-order chi connectivity index (χ1) is 25.2. The number of benzene rings is 4. The van der Waals surface area contributed by atoms with Gasteiger partial charge in [-0.2, -0.15) is 0 Å². The van der Waals surface area contributed by atoms with Crippen LogP contribution >= 0.6 is 0 Å². The standard InChI is InChI=1S/C48H68N2O/c1-2-3-4-5-6-7-8-9-10-11-12-13-26-37-48(51)47(50(41-45-32-22-16-23-33-45)42-46-34-24-17-25-35-46)36-27-38-49(39-43-28-18-14-19-29-43)40-44-30-20-15-21-31-44/h14-25,28-35,47-48,51H,2-13,26-27,36-42H2,1H3. The van der Waals surface area contributed by atoms with Gasteiger partial charge in [-0.15, -0.1) is 0 Å². The van der Waals surface area contributed by atoms with Crippen LogP contribution in [0, 0.1) is 0 Å². The lowest BCUT2D eigenvalue weighted by Gasteiger charge is -2.36. The summed E-state index contributed by atoms with van der Waals surface area (Å²) in [4.78, 5) is 5.15. The Kier molecular flexibility index (Phi) is 20.4. The van der Waals surface area contributed by atoms with Crippen LogP contribution in [0.15, 0.2) is 121 Å². The van der Waals surface area contributed by atoms with Crippen LogP contribution in [0.4, 0.5) is 0 Å². The molecule has 276 valence electrons. The Morgan fingerprint density at radius 3 is 1.16 bits per heavy atom. The molecule has 4 aromatic carbocycles. The Labute approximate surface area is 312 Å². The minimum atomic E-state index is -0.346. The smallest absolute Gasteiger partial charge is 0.0695 e. The summed E-state index contributed by atoms with van der Waals surface area (Å²) in [7, 11) is 0. The van der Waals surface area contributed by atoms with Gasteiger partial charge in [-0.1, -0.05) is 212 Å². The fourth-order valence-electron chi connectivity index (χ4n) is 7.53. The first-order valence-electron chi connectivity index (χ1n) is 20.5. The van der Waals surface area contributed by atoms with Crippen molar-refractivity contribution in [2.45, 2.75) is 148 Å². The number of unbranched alkanes of at least 4 members (excludes halogenated alkanes) is 12. The summed E-state index contributed by atoms with van der Waals surface area (Å²) in [5, 5.41) is 12.0. The van der Waals surface area contributed by atoms with Gasteiger partial charge < -0.3 is 5.11 Å². The van der Waals surface area contributed by atoms with E-state index < -0.39 is 0 Å². The molecule has 0 aliphatic heterocycles. The zero-order valence-electron chi connectivity index (χ0n) is 31.9. The van der Waals surface area contributed by atoms with E-state index in [-0.39, 0.29) is 12.1 Å². The third kappa shape index (κ3) is 17.2. The molecule has 2 unspecified atom stereocenters. The molecule has 4 rings (SSSR count). The second-order valence-electron chi connectivity index (χ2n) is 14.9. The van der Waals surface area contributed by atoms with Crippen molar-refractivity contribution in [3.8, 4) is 0 Å². The predicted octanol–water partition coefficient (Wildman–Crippen LogP) is 12.4. The highest BCUT2D eigenvalue weighted by Crippen LogP contribution is 2.24. The molecule has 1 N–H and O–H groups in total. The third-order valence-corrected chi connectivity index (χ3v) is 10.4. The highest BCUT2D eigenvalue weighted by atomic mass is 16.3. The zero-order valence-corrected chi connectivity index (χ0v) is 31.9. The highest BCUT2D eigenvalue weighted by Gasteiger charge is 2.26. The Morgan fingerprint density at radius 2 is 0.765 bits per heavy atom. The maximum atomic E-state index is 12.0. The predicted molar refractivity (Wildman–Crippen MR) is 218 cm³/mol. The van der Waals surface area contributed by atoms with E-state index in [1.54, 1.807) is 0 Å². The molecule has 0 heterocycles. The molecule has 0 saturated carbocycles. The van der Waals surface area contributed by atoms with E-state index in [0.29, 0.717) is 0 Å². The van der Waals surface area contributed by atoms with Gasteiger partial charge >= 0.3 is 0 Å². The normalized spacial score (nSPS) is 12.8. The molecule has 0 fully saturated rings. The molecule has 2 atom stereocenters. The van der Waals surface area contributed by atoms with Crippen LogP contribution in [0.3, 0.4) is 0 Å². The van der Waals surface area contributed by atoms with Crippen LogP contribution in [-0.2, 0) is 26.2 Å². The monoisotopic (exact) mass is 689 g/mol. The van der Waals surface area contributed by atoms with Gasteiger partial charge in [0.15, 0.2) is 0 Å². The molecule has 51 heavy (non-hydrogen) atoms. The summed E-state index contributed by atoms with van der Waals surface area (Å²) < 4.78 is 0. The summed E-state index contributed by atoms with van der Waals surface area (Å²) in [6.45, 7) is 6.83. The van der Waals surface area contributed by atoms with Crippen LogP contribution < -0.4 is 0 Å². The Hall–Kier alpha value is -3.24. The number of aliphatic hydroxyl groups excluding tert-OH is 1. The van der Waals surface area contributed by atoms with Crippen molar-refractivity contribution in [3.05, 3.63) is 144 Å². The maximum absolute atomic E-state index is 12.0. The van der Waals surface area contributed by atoms with E-state index in [1.165, 1.54) is 99.3 Å². The van der Waals surface area contributed by atoms with Crippen molar-refractivity contribution < 1.29 is 5.11 Å². The van der Waals surface area contributed by atoms with Gasteiger partial charge in [0.25, 0.3) is 0 Å². The maximum Gasteiger partial charge on any atom is 0.0695 e. The molecule has 3 heteroatoms. The second-order valence-corrected chi connectivity index (χ2v) is 14.9. The lowest BCUT2D eigenvalue weighted by atomic mass is 9.96. The SMILES string of the molecule is CCCCCCCCCCCCCCCC(O)C(CCCN(Cc1ccccc1)Cc1ccccc1)N(Cc1ccccc1)Cc1ccccc1. The number of rotatable bonds is 28. The Morgan fingerprint density at radius 1 is 0.412 bits per heavy atom. The number of hydrogen-bond donors (Lipinski definition) is 1. The summed E-state index contributed by atoms with van der Waals surface area (Å²) in [6.07, 6.45) is 20.1. The van der Waals surface area contributed by atoms with Gasteiger partial charge in [0.05, 0.1) is 6.10 Å². The molecule has 0 aliphatic carbocycles. The molecule has 0 bridgehead atoms. The van der Waals surface area contributed by atoms with Crippen LogP contribution in [0.25, 0.3) is 0 Å². The number of hydrogen-bond acceptors (Lipinski definition) is 3. The van der Waals surface area contributed by atoms with Crippen LogP contribution in [0.5, 0.6) is 0 Å². The van der Waals surface area contributed by atoms with Gasteiger partial charge in [0.1, 0.15) is 0 Å². The average Bonchev–Trinajstić information content (AvgIpc) is 3.16. The minimum absolute atomic E-state index is 0.0954. The van der Waals surface area contributed by atoms with Crippen molar-refractivity contribution in [1.82, 2.24) is 9.80 Å². The Balaban J connectivity index is 1.36. The summed E-state index contributed by atoms with van der Waals surface area (Å²) in [5.41, 5.74) is 5.31. The molecule has 0 radical (unpaired) electrons. The molecule has 0 saturated heterocycles. The second kappa shape index (κ2) is 25.7. The first-order valence-corrected chi connectivity index (χ1v) is 20.5. The van der Waals surface area contributed by atoms with Gasteiger partial charge in [-0.05, 0) is 48.1 Å². The molecule has 0 aromatic heterocycles. The van der Waals surface area contributed by atoms with Crippen molar-refractivity contribution in [2.75, 3.05) is 6.54 Å². The minimum Gasteiger partial charge on any atom is -0.391 e. The van der Waals surface area contributed by atoms with E-state index in [4.69, 9.17) is 0 Å². The lowest BCUT2D eigenvalue weighted by Crippen LogP contribution is -2.43. The van der Waals surface area contributed by atoms with Crippen LogP contribution in [0.2, 0.25) is 0 Å². The van der Waals surface area contributed by atoms with Crippen molar-refractivity contribution in [1.29, 1.82) is 0 Å². The topological polar surface area (TPSA) is 26.7 Å². The van der Waals surface area contributed by atoms with Crippen LogP contribution in [-0.4, -0.2) is 33.6 Å². The molecular weight excluding hydrogens is 621 g/mol. The fraction of sp³-hybridized carbons (Fsp3) is 0.500. The number of nitrogens with zero attached hydrogens (tertiary/aromatic N) is 2. The van der Waals surface area contributed by atoms with Crippen molar-refractivity contribution >= 4 is 0 Å². The van der Waals surface area contributed by atoms with Gasteiger partial charge in [-0.3, -0.25) is 9.80 Å². The Bertz CT molecular complexity index is 1280. The van der Waals surface area contributed by atoms with E-state index in [9.17, 15) is 5.11 Å². The summed E-state index contributed by atoms with van der Waals surface area (Å²) in [5.74, 6) is 0. The first kappa shape index (κ1) is 40.5.